The van der Waals surface area contributed by atoms with Gasteiger partial charge in [0.2, 0.25) is 0 Å². The average molecular weight is 431 g/mol. The SMILES string of the molecule is Cc1nc2cc(-c3cn([C@H]4[C@@H](O)[C@@H](CO)O[C@@H](c5ncn[nH]5)[C@@H]4O)nn3)cc(F)c2o1. The summed E-state index contributed by atoms with van der Waals surface area (Å²) < 4.78 is 26.5. The summed E-state index contributed by atoms with van der Waals surface area (Å²) in [5.74, 6) is -0.0340. The number of fused-ring (bicyclic) bond motifs is 1. The van der Waals surface area contributed by atoms with Crippen LogP contribution in [0.15, 0.2) is 29.1 Å². The molecule has 4 heterocycles. The molecule has 12 nitrogen and oxygen atoms in total. The number of aliphatic hydroxyl groups excluding tert-OH is 3. The van der Waals surface area contributed by atoms with E-state index in [0.717, 1.165) is 0 Å². The molecule has 1 saturated heterocycles. The highest BCUT2D eigenvalue weighted by atomic mass is 19.1. The van der Waals surface area contributed by atoms with Crippen molar-refractivity contribution >= 4 is 11.1 Å². The molecule has 5 rings (SSSR count). The van der Waals surface area contributed by atoms with Gasteiger partial charge in [-0.25, -0.2) is 19.0 Å². The van der Waals surface area contributed by atoms with Crippen molar-refractivity contribution in [2.45, 2.75) is 37.4 Å². The zero-order chi connectivity index (χ0) is 21.7. The number of ether oxygens (including phenoxy) is 1. The van der Waals surface area contributed by atoms with Crippen LogP contribution in [0.5, 0.6) is 0 Å². The third-order valence-electron chi connectivity index (χ3n) is 5.26. The summed E-state index contributed by atoms with van der Waals surface area (Å²) in [6.45, 7) is 1.12. The molecule has 4 N–H and O–H groups in total. The molecule has 1 aromatic carbocycles. The number of oxazole rings is 1. The zero-order valence-electron chi connectivity index (χ0n) is 16.1. The van der Waals surface area contributed by atoms with E-state index in [2.05, 4.69) is 30.5 Å². The fourth-order valence-corrected chi connectivity index (χ4v) is 3.80. The molecule has 162 valence electrons. The smallest absolute Gasteiger partial charge is 0.192 e. The second-order valence-corrected chi connectivity index (χ2v) is 7.24. The maximum Gasteiger partial charge on any atom is 0.192 e. The number of H-pyrrole nitrogens is 1. The van der Waals surface area contributed by atoms with Gasteiger partial charge in [0.1, 0.15) is 48.0 Å². The minimum Gasteiger partial charge on any atom is -0.438 e. The Balaban J connectivity index is 1.51. The maximum atomic E-state index is 14.4. The van der Waals surface area contributed by atoms with E-state index in [1.165, 1.54) is 23.3 Å². The minimum absolute atomic E-state index is 0.0459. The van der Waals surface area contributed by atoms with E-state index in [0.29, 0.717) is 22.7 Å². The first-order valence-electron chi connectivity index (χ1n) is 9.43. The Kier molecular flexibility index (Phi) is 4.74. The molecule has 31 heavy (non-hydrogen) atoms. The van der Waals surface area contributed by atoms with Gasteiger partial charge in [0.25, 0.3) is 0 Å². The van der Waals surface area contributed by atoms with Crippen molar-refractivity contribution in [1.82, 2.24) is 35.2 Å². The first-order chi connectivity index (χ1) is 15.0. The molecule has 0 amide bonds. The molecule has 1 aliphatic heterocycles. The first kappa shape index (κ1) is 19.7. The van der Waals surface area contributed by atoms with Crippen LogP contribution in [0.4, 0.5) is 4.39 Å². The maximum absolute atomic E-state index is 14.4. The molecular weight excluding hydrogens is 413 g/mol. The quantitative estimate of drug-likeness (QED) is 0.346. The molecule has 13 heteroatoms. The predicted molar refractivity (Wildman–Crippen MR) is 99.9 cm³/mol. The van der Waals surface area contributed by atoms with Gasteiger partial charge in [-0.05, 0) is 12.1 Å². The third kappa shape index (κ3) is 3.27. The van der Waals surface area contributed by atoms with Crippen LogP contribution in [0.2, 0.25) is 0 Å². The second-order valence-electron chi connectivity index (χ2n) is 7.24. The number of halogens is 1. The van der Waals surface area contributed by atoms with Crippen LogP contribution in [0.1, 0.15) is 23.9 Å². The Morgan fingerprint density at radius 2 is 2.10 bits per heavy atom. The number of aromatic amines is 1. The van der Waals surface area contributed by atoms with Crippen molar-refractivity contribution in [1.29, 1.82) is 0 Å². The van der Waals surface area contributed by atoms with Gasteiger partial charge in [0.15, 0.2) is 23.1 Å². The van der Waals surface area contributed by atoms with Gasteiger partial charge in [0.05, 0.1) is 12.8 Å². The van der Waals surface area contributed by atoms with Crippen molar-refractivity contribution < 1.29 is 28.9 Å². The van der Waals surface area contributed by atoms with Crippen LogP contribution >= 0.6 is 0 Å². The number of hydrogen-bond donors (Lipinski definition) is 4. The van der Waals surface area contributed by atoms with E-state index in [-0.39, 0.29) is 11.4 Å². The van der Waals surface area contributed by atoms with Gasteiger partial charge < -0.3 is 24.5 Å². The molecule has 0 spiro atoms. The Labute approximate surface area is 173 Å². The van der Waals surface area contributed by atoms with Crippen LogP contribution in [0, 0.1) is 12.7 Å². The number of aromatic nitrogens is 7. The standard InChI is InChI=1S/C18H18FN7O5/c1-7-22-10-3-8(2-9(19)16(10)30-7)11-4-26(25-23-11)13-14(28)12(5-27)31-17(15(13)29)18-20-6-21-24-18/h2-4,6,12-15,17,27-29H,5H2,1H3,(H,20,21,24)/t12-,13+,14+,15-,17-/m1/s1. The van der Waals surface area contributed by atoms with Crippen molar-refractivity contribution in [2.24, 2.45) is 0 Å². The molecule has 5 atom stereocenters. The number of nitrogens with one attached hydrogen (secondary N) is 1. The molecule has 3 aromatic heterocycles. The predicted octanol–water partition coefficient (Wildman–Crippen LogP) is 0.0472. The van der Waals surface area contributed by atoms with Crippen molar-refractivity contribution in [3.05, 3.63) is 42.2 Å². The topological polar surface area (TPSA) is 168 Å². The van der Waals surface area contributed by atoms with Gasteiger partial charge >= 0.3 is 0 Å². The second kappa shape index (κ2) is 7.46. The van der Waals surface area contributed by atoms with Gasteiger partial charge in [-0.2, -0.15) is 5.10 Å². The number of nitrogens with zero attached hydrogens (tertiary/aromatic N) is 6. The van der Waals surface area contributed by atoms with Gasteiger partial charge in [-0.3, -0.25) is 5.10 Å². The lowest BCUT2D eigenvalue weighted by molar-refractivity contribution is -0.210. The number of aryl methyl sites for hydroxylation is 1. The highest BCUT2D eigenvalue weighted by molar-refractivity contribution is 5.79. The summed E-state index contributed by atoms with van der Waals surface area (Å²) >= 11 is 0. The highest BCUT2D eigenvalue weighted by Crippen LogP contribution is 2.37. The number of rotatable bonds is 4. The lowest BCUT2D eigenvalue weighted by Gasteiger charge is -2.41. The lowest BCUT2D eigenvalue weighted by atomic mass is 9.92. The molecule has 1 fully saturated rings. The van der Waals surface area contributed by atoms with E-state index in [1.54, 1.807) is 13.0 Å². The molecule has 0 unspecified atom stereocenters. The summed E-state index contributed by atoms with van der Waals surface area (Å²) in [5.41, 5.74) is 1.07. The van der Waals surface area contributed by atoms with E-state index < -0.39 is 42.9 Å². The lowest BCUT2D eigenvalue weighted by Crippen LogP contribution is -2.53. The summed E-state index contributed by atoms with van der Waals surface area (Å²) in [6, 6.07) is 1.82. The summed E-state index contributed by atoms with van der Waals surface area (Å²) in [4.78, 5) is 8.13. The Bertz CT molecular complexity index is 1210. The molecule has 0 saturated carbocycles. The first-order valence-corrected chi connectivity index (χ1v) is 9.43. The fourth-order valence-electron chi connectivity index (χ4n) is 3.80. The Morgan fingerprint density at radius 3 is 2.84 bits per heavy atom. The normalized spacial score (nSPS) is 26.5. The van der Waals surface area contributed by atoms with Gasteiger partial charge in [-0.15, -0.1) is 5.10 Å². The highest BCUT2D eigenvalue weighted by Gasteiger charge is 2.47. The Morgan fingerprint density at radius 1 is 1.26 bits per heavy atom. The van der Waals surface area contributed by atoms with Crippen molar-refractivity contribution in [3.63, 3.8) is 0 Å². The van der Waals surface area contributed by atoms with E-state index in [9.17, 15) is 19.7 Å². The summed E-state index contributed by atoms with van der Waals surface area (Å²) in [7, 11) is 0. The van der Waals surface area contributed by atoms with E-state index >= 15 is 0 Å². The molecule has 0 radical (unpaired) electrons. The van der Waals surface area contributed by atoms with Crippen molar-refractivity contribution in [3.8, 4) is 11.3 Å². The van der Waals surface area contributed by atoms with E-state index in [4.69, 9.17) is 9.15 Å². The molecule has 0 aliphatic carbocycles. The number of aliphatic hydroxyl groups is 3. The van der Waals surface area contributed by atoms with Crippen LogP contribution in [0.25, 0.3) is 22.4 Å². The average Bonchev–Trinajstić information content (AvgIpc) is 3.48. The van der Waals surface area contributed by atoms with E-state index in [1.807, 2.05) is 0 Å². The van der Waals surface area contributed by atoms with Crippen LogP contribution in [-0.4, -0.2) is 75.4 Å². The van der Waals surface area contributed by atoms with Gasteiger partial charge in [-0.1, -0.05) is 5.21 Å². The minimum atomic E-state index is -1.30. The number of benzene rings is 1. The van der Waals surface area contributed by atoms with Crippen LogP contribution < -0.4 is 0 Å². The molecule has 4 aromatic rings. The molecule has 0 bridgehead atoms. The summed E-state index contributed by atoms with van der Waals surface area (Å²) in [5, 5.41) is 45.6. The Hall–Kier alpha value is -3.26. The largest absolute Gasteiger partial charge is 0.438 e. The van der Waals surface area contributed by atoms with Crippen LogP contribution in [-0.2, 0) is 4.74 Å². The van der Waals surface area contributed by atoms with Crippen molar-refractivity contribution in [2.75, 3.05) is 6.61 Å². The van der Waals surface area contributed by atoms with Gasteiger partial charge in [0, 0.05) is 12.5 Å². The number of hydrogen-bond acceptors (Lipinski definition) is 10. The molecular formula is C18H18FN7O5. The monoisotopic (exact) mass is 431 g/mol. The zero-order valence-corrected chi connectivity index (χ0v) is 16.1. The van der Waals surface area contributed by atoms with Crippen LogP contribution in [0.3, 0.4) is 0 Å². The molecule has 1 aliphatic rings. The third-order valence-corrected chi connectivity index (χ3v) is 5.26. The fraction of sp³-hybridized carbons (Fsp3) is 0.389. The summed E-state index contributed by atoms with van der Waals surface area (Å²) in [6.07, 6.45) is -1.88.